The Morgan fingerprint density at radius 1 is 0.283 bits per heavy atom. The third kappa shape index (κ3) is 44.4. The van der Waals surface area contributed by atoms with E-state index in [0.717, 1.165) is 0 Å². The molecule has 0 N–H and O–H groups in total. The van der Waals surface area contributed by atoms with Crippen LogP contribution in [0.3, 0.4) is 0 Å². The molecular formula is C46H100N2O4S. The minimum absolute atomic E-state index is 1.31. The maximum atomic E-state index is 8.52. The fraction of sp³-hybridized carbons (Fsp3) is 1.00. The van der Waals surface area contributed by atoms with E-state index in [1.165, 1.54) is 254 Å². The summed E-state index contributed by atoms with van der Waals surface area (Å²) in [6.07, 6.45) is 43.9. The van der Waals surface area contributed by atoms with Crippen LogP contribution < -0.4 is 0 Å². The first-order valence-corrected chi connectivity index (χ1v) is 25.2. The summed E-state index contributed by atoms with van der Waals surface area (Å²) in [6.45, 7) is 29.4. The molecule has 53 heavy (non-hydrogen) atoms. The molecule has 0 radical (unpaired) electrons. The van der Waals surface area contributed by atoms with Crippen LogP contribution in [0.2, 0.25) is 0 Å². The predicted molar refractivity (Wildman–Crippen MR) is 234 cm³/mol. The number of hydrogen-bond donors (Lipinski definition) is 0. The molecule has 0 aromatic rings. The van der Waals surface area contributed by atoms with Crippen molar-refractivity contribution in [3.05, 3.63) is 0 Å². The molecule has 0 amide bonds. The Balaban J connectivity index is -0.000000835. The summed E-state index contributed by atoms with van der Waals surface area (Å²) in [4.78, 5) is 0. The number of unbranched alkanes of at least 4 members (excludes halogenated alkanes) is 28. The van der Waals surface area contributed by atoms with Crippen LogP contribution >= 0.6 is 0 Å². The zero-order chi connectivity index (χ0) is 40.4. The van der Waals surface area contributed by atoms with Crippen molar-refractivity contribution in [2.45, 2.75) is 248 Å². The van der Waals surface area contributed by atoms with Crippen LogP contribution in [0.4, 0.5) is 0 Å². The van der Waals surface area contributed by atoms with Gasteiger partial charge in [0.1, 0.15) is 0 Å². The first-order chi connectivity index (χ1) is 25.5. The van der Waals surface area contributed by atoms with Gasteiger partial charge >= 0.3 is 0 Å². The van der Waals surface area contributed by atoms with Crippen molar-refractivity contribution in [3.63, 3.8) is 0 Å². The van der Waals surface area contributed by atoms with Crippen molar-refractivity contribution in [3.8, 4) is 0 Å². The molecule has 0 fully saturated rings. The monoisotopic (exact) mass is 777 g/mol. The van der Waals surface area contributed by atoms with Gasteiger partial charge in [0.2, 0.25) is 0 Å². The van der Waals surface area contributed by atoms with Gasteiger partial charge in [0, 0.05) is 10.4 Å². The highest BCUT2D eigenvalue weighted by Gasteiger charge is 2.20. The van der Waals surface area contributed by atoms with Crippen LogP contribution in [-0.2, 0) is 10.4 Å². The van der Waals surface area contributed by atoms with E-state index >= 15 is 0 Å². The van der Waals surface area contributed by atoms with Gasteiger partial charge in [-0.2, -0.15) is 0 Å². The Bertz CT molecular complexity index is 710. The molecule has 0 aliphatic heterocycles. The highest BCUT2D eigenvalue weighted by atomic mass is 32.3. The topological polar surface area (TPSA) is 80.3 Å². The van der Waals surface area contributed by atoms with E-state index in [4.69, 9.17) is 17.5 Å². The molecular weight excluding hydrogens is 677 g/mol. The highest BCUT2D eigenvalue weighted by Crippen LogP contribution is 2.16. The molecule has 0 atom stereocenters. The fourth-order valence-electron chi connectivity index (χ4n) is 7.93. The van der Waals surface area contributed by atoms with Crippen LogP contribution in [0.1, 0.15) is 248 Å². The summed E-state index contributed by atoms with van der Waals surface area (Å²) in [5.74, 6) is 0. The lowest BCUT2D eigenvalue weighted by molar-refractivity contribution is -0.923. The first kappa shape index (κ1) is 57.1. The zero-order valence-corrected chi connectivity index (χ0v) is 38.6. The Kier molecular flexibility index (Phi) is 46.3. The predicted octanol–water partition coefficient (Wildman–Crippen LogP) is 14.1. The van der Waals surface area contributed by atoms with Crippen molar-refractivity contribution in [1.29, 1.82) is 0 Å². The van der Waals surface area contributed by atoms with E-state index in [1.807, 2.05) is 0 Å². The molecule has 0 bridgehead atoms. The molecule has 6 nitrogen and oxygen atoms in total. The standard InChI is InChI=1S/2C23H50N.H2O4S/c2*1-5-9-10-11-12-13-14-15-16-17-18-19-20-21-22-23-24(6-2,7-3)8-4;1-5(2,3)4/h2*5-23H2,1-4H3;(H2,1,2,3,4)/q2*+1;/p-2. The Labute approximate surface area is 336 Å². The van der Waals surface area contributed by atoms with E-state index in [-0.39, 0.29) is 0 Å². The zero-order valence-electron chi connectivity index (χ0n) is 37.8. The van der Waals surface area contributed by atoms with Gasteiger partial charge in [-0.15, -0.1) is 0 Å². The average Bonchev–Trinajstić information content (AvgIpc) is 3.15. The Hall–Kier alpha value is -0.210. The molecule has 324 valence electrons. The molecule has 0 spiro atoms. The lowest BCUT2D eigenvalue weighted by Gasteiger charge is -2.35. The van der Waals surface area contributed by atoms with Crippen molar-refractivity contribution in [1.82, 2.24) is 0 Å². The normalized spacial score (nSPS) is 12.0. The van der Waals surface area contributed by atoms with Crippen molar-refractivity contribution >= 4 is 10.4 Å². The molecule has 0 unspecified atom stereocenters. The van der Waals surface area contributed by atoms with Gasteiger partial charge in [-0.25, -0.2) is 0 Å². The number of quaternary nitrogens is 2. The molecule has 0 aliphatic carbocycles. The minimum Gasteiger partial charge on any atom is -0.759 e. The number of hydrogen-bond acceptors (Lipinski definition) is 4. The van der Waals surface area contributed by atoms with Gasteiger partial charge in [0.15, 0.2) is 0 Å². The van der Waals surface area contributed by atoms with Crippen molar-refractivity contribution in [2.75, 3.05) is 52.4 Å². The quantitative estimate of drug-likeness (QED) is 0.0271. The Morgan fingerprint density at radius 3 is 0.547 bits per heavy atom. The average molecular weight is 777 g/mol. The molecule has 0 heterocycles. The lowest BCUT2D eigenvalue weighted by Crippen LogP contribution is -2.48. The van der Waals surface area contributed by atoms with Gasteiger partial charge in [-0.05, 0) is 67.2 Å². The summed E-state index contributed by atoms with van der Waals surface area (Å²) in [5.41, 5.74) is 0. The van der Waals surface area contributed by atoms with E-state index in [2.05, 4.69) is 55.4 Å². The fourth-order valence-corrected chi connectivity index (χ4v) is 7.93. The minimum atomic E-state index is -5.17. The summed E-state index contributed by atoms with van der Waals surface area (Å²) in [5, 5.41) is 0. The maximum absolute atomic E-state index is 8.52. The van der Waals surface area contributed by atoms with Gasteiger partial charge in [-0.1, -0.05) is 181 Å². The van der Waals surface area contributed by atoms with Crippen LogP contribution in [0, 0.1) is 0 Å². The maximum Gasteiger partial charge on any atom is 0.0786 e. The van der Waals surface area contributed by atoms with Gasteiger partial charge in [0.25, 0.3) is 0 Å². The van der Waals surface area contributed by atoms with Gasteiger partial charge in [0.05, 0.1) is 52.4 Å². The smallest absolute Gasteiger partial charge is 0.0786 e. The molecule has 0 saturated carbocycles. The van der Waals surface area contributed by atoms with Crippen LogP contribution in [0.15, 0.2) is 0 Å². The molecule has 7 heteroatoms. The summed E-state index contributed by atoms with van der Waals surface area (Å²) in [7, 11) is -5.17. The molecule has 0 saturated heterocycles. The largest absolute Gasteiger partial charge is 0.759 e. The molecule has 0 aromatic heterocycles. The van der Waals surface area contributed by atoms with Gasteiger partial charge < -0.3 is 18.1 Å². The SMILES string of the molecule is CCCCCCCCCCCCCCCCC[N+](CC)(CC)CC.CCCCCCCCCCCCCCCCC[N+](CC)(CC)CC.O=S(=O)([O-])[O-]. The number of nitrogens with zero attached hydrogens (tertiary/aromatic N) is 2. The van der Waals surface area contributed by atoms with E-state index in [0.29, 0.717) is 0 Å². The van der Waals surface area contributed by atoms with Crippen LogP contribution in [0.25, 0.3) is 0 Å². The second-order valence-corrected chi connectivity index (χ2v) is 17.2. The molecule has 0 rings (SSSR count). The van der Waals surface area contributed by atoms with Crippen molar-refractivity contribution < 1.29 is 26.5 Å². The summed E-state index contributed by atoms with van der Waals surface area (Å²) >= 11 is 0. The van der Waals surface area contributed by atoms with E-state index in [1.54, 1.807) is 0 Å². The second-order valence-electron chi connectivity index (χ2n) is 16.3. The highest BCUT2D eigenvalue weighted by molar-refractivity contribution is 7.79. The Morgan fingerprint density at radius 2 is 0.415 bits per heavy atom. The molecule has 0 aromatic carbocycles. The van der Waals surface area contributed by atoms with Crippen LogP contribution in [0.5, 0.6) is 0 Å². The third-order valence-corrected chi connectivity index (χ3v) is 12.5. The number of rotatable bonds is 38. The lowest BCUT2D eigenvalue weighted by atomic mass is 10.0. The van der Waals surface area contributed by atoms with Crippen molar-refractivity contribution in [2.24, 2.45) is 0 Å². The van der Waals surface area contributed by atoms with E-state index < -0.39 is 10.4 Å². The molecule has 0 aliphatic rings. The first-order valence-electron chi connectivity index (χ1n) is 23.9. The van der Waals surface area contributed by atoms with Crippen LogP contribution in [-0.4, -0.2) is 78.8 Å². The second kappa shape index (κ2) is 42.9. The van der Waals surface area contributed by atoms with E-state index in [9.17, 15) is 0 Å². The summed E-state index contributed by atoms with van der Waals surface area (Å²) < 4.78 is 36.7. The van der Waals surface area contributed by atoms with Gasteiger partial charge in [-0.3, -0.25) is 8.42 Å². The third-order valence-electron chi connectivity index (χ3n) is 12.5. The summed E-state index contributed by atoms with van der Waals surface area (Å²) in [6, 6.07) is 0.